The molecule has 1 aromatic rings. The summed E-state index contributed by atoms with van der Waals surface area (Å²) in [4.78, 5) is 16.7. The molecule has 0 bridgehead atoms. The van der Waals surface area contributed by atoms with Gasteiger partial charge in [0.1, 0.15) is 0 Å². The number of rotatable bonds is 2. The molecular formula is C18H24N2O2. The number of nitrogens with zero attached hydrogens (tertiary/aromatic N) is 2. The van der Waals surface area contributed by atoms with E-state index in [4.69, 9.17) is 4.74 Å². The average Bonchev–Trinajstić information content (AvgIpc) is 2.57. The fourth-order valence-electron chi connectivity index (χ4n) is 3.20. The van der Waals surface area contributed by atoms with E-state index in [9.17, 15) is 4.79 Å². The van der Waals surface area contributed by atoms with Gasteiger partial charge in [-0.1, -0.05) is 30.3 Å². The number of hydrogen-bond donors (Lipinski definition) is 0. The second-order valence-electron chi connectivity index (χ2n) is 6.34. The van der Waals surface area contributed by atoms with Gasteiger partial charge in [0, 0.05) is 25.7 Å². The number of piperidine rings is 1. The van der Waals surface area contributed by atoms with Crippen LogP contribution in [0.25, 0.3) is 6.08 Å². The van der Waals surface area contributed by atoms with Crippen LogP contribution in [0.5, 0.6) is 0 Å². The summed E-state index contributed by atoms with van der Waals surface area (Å²) in [5, 5.41) is 0. The van der Waals surface area contributed by atoms with Crippen molar-refractivity contribution in [1.29, 1.82) is 0 Å². The van der Waals surface area contributed by atoms with Crippen LogP contribution in [0.15, 0.2) is 36.4 Å². The van der Waals surface area contributed by atoms with Gasteiger partial charge in [-0.05, 0) is 31.5 Å². The third-order valence-electron chi connectivity index (χ3n) is 4.68. The van der Waals surface area contributed by atoms with Crippen LogP contribution in [-0.2, 0) is 9.53 Å². The van der Waals surface area contributed by atoms with Crippen LogP contribution in [0.3, 0.4) is 0 Å². The zero-order chi connectivity index (χ0) is 15.4. The summed E-state index contributed by atoms with van der Waals surface area (Å²) < 4.78 is 6.05. The van der Waals surface area contributed by atoms with Crippen LogP contribution >= 0.6 is 0 Å². The van der Waals surface area contributed by atoms with Gasteiger partial charge in [0.05, 0.1) is 18.8 Å². The third-order valence-corrected chi connectivity index (χ3v) is 4.68. The van der Waals surface area contributed by atoms with Crippen molar-refractivity contribution in [2.24, 2.45) is 0 Å². The molecule has 0 aromatic heterocycles. The van der Waals surface area contributed by atoms with Crippen molar-refractivity contribution in [1.82, 2.24) is 9.80 Å². The molecule has 1 aromatic carbocycles. The topological polar surface area (TPSA) is 32.8 Å². The lowest BCUT2D eigenvalue weighted by atomic mass is 9.89. The van der Waals surface area contributed by atoms with Crippen LogP contribution in [0, 0.1) is 0 Å². The van der Waals surface area contributed by atoms with Gasteiger partial charge in [0.25, 0.3) is 0 Å². The molecule has 2 saturated heterocycles. The highest BCUT2D eigenvalue weighted by atomic mass is 16.5. The number of morpholine rings is 1. The normalized spacial score (nSPS) is 22.3. The minimum Gasteiger partial charge on any atom is -0.371 e. The monoisotopic (exact) mass is 300 g/mol. The van der Waals surface area contributed by atoms with Crippen LogP contribution in [0.2, 0.25) is 0 Å². The van der Waals surface area contributed by atoms with Crippen molar-refractivity contribution >= 4 is 12.0 Å². The summed E-state index contributed by atoms with van der Waals surface area (Å²) in [5.41, 5.74) is 0.930. The molecule has 0 aliphatic carbocycles. The van der Waals surface area contributed by atoms with Crippen LogP contribution < -0.4 is 0 Å². The van der Waals surface area contributed by atoms with Gasteiger partial charge in [-0.25, -0.2) is 0 Å². The highest BCUT2D eigenvalue weighted by Crippen LogP contribution is 2.29. The number of hydrogen-bond acceptors (Lipinski definition) is 3. The SMILES string of the molecule is CN1CCC2(CC1)CN(C(=O)C=Cc1ccccc1)CCO2. The first-order chi connectivity index (χ1) is 10.7. The minimum absolute atomic E-state index is 0.0884. The first kappa shape index (κ1) is 15.3. The fraction of sp³-hybridized carbons (Fsp3) is 0.500. The summed E-state index contributed by atoms with van der Waals surface area (Å²) in [6, 6.07) is 9.94. The van der Waals surface area contributed by atoms with Crippen molar-refractivity contribution in [3.8, 4) is 0 Å². The van der Waals surface area contributed by atoms with Gasteiger partial charge in [0.2, 0.25) is 5.91 Å². The number of carbonyl (C=O) groups excluding carboxylic acids is 1. The molecule has 0 N–H and O–H groups in total. The van der Waals surface area contributed by atoms with Gasteiger partial charge < -0.3 is 14.5 Å². The maximum absolute atomic E-state index is 12.4. The Morgan fingerprint density at radius 2 is 1.91 bits per heavy atom. The molecule has 1 amide bonds. The van der Waals surface area contributed by atoms with Gasteiger partial charge in [0.15, 0.2) is 0 Å². The second-order valence-corrected chi connectivity index (χ2v) is 6.34. The lowest BCUT2D eigenvalue weighted by Crippen LogP contribution is -2.57. The maximum atomic E-state index is 12.4. The fourth-order valence-corrected chi connectivity index (χ4v) is 3.20. The molecule has 2 aliphatic heterocycles. The van der Waals surface area contributed by atoms with E-state index in [0.717, 1.165) is 38.0 Å². The summed E-state index contributed by atoms with van der Waals surface area (Å²) in [6.07, 6.45) is 5.59. The average molecular weight is 300 g/mol. The molecule has 4 heteroatoms. The quantitative estimate of drug-likeness (QED) is 0.784. The van der Waals surface area contributed by atoms with E-state index < -0.39 is 0 Å². The minimum atomic E-state index is -0.124. The van der Waals surface area contributed by atoms with E-state index in [2.05, 4.69) is 11.9 Å². The Balaban J connectivity index is 1.62. The molecule has 0 unspecified atom stereocenters. The number of ether oxygens (including phenoxy) is 1. The molecule has 22 heavy (non-hydrogen) atoms. The molecule has 2 heterocycles. The first-order valence-corrected chi connectivity index (χ1v) is 8.01. The molecule has 2 aliphatic rings. The zero-order valence-corrected chi connectivity index (χ0v) is 13.2. The van der Waals surface area contributed by atoms with Crippen LogP contribution in [0.4, 0.5) is 0 Å². The Morgan fingerprint density at radius 3 is 2.64 bits per heavy atom. The Bertz CT molecular complexity index is 533. The molecule has 0 saturated carbocycles. The van der Waals surface area contributed by atoms with Crippen molar-refractivity contribution in [2.45, 2.75) is 18.4 Å². The van der Waals surface area contributed by atoms with E-state index >= 15 is 0 Å². The summed E-state index contributed by atoms with van der Waals surface area (Å²) in [5.74, 6) is 0.0884. The van der Waals surface area contributed by atoms with Gasteiger partial charge in [-0.2, -0.15) is 0 Å². The molecule has 118 valence electrons. The molecule has 4 nitrogen and oxygen atoms in total. The van der Waals surface area contributed by atoms with Crippen molar-refractivity contribution in [2.75, 3.05) is 39.8 Å². The predicted octanol–water partition coefficient (Wildman–Crippen LogP) is 2.02. The summed E-state index contributed by atoms with van der Waals surface area (Å²) >= 11 is 0. The van der Waals surface area contributed by atoms with Crippen molar-refractivity contribution in [3.63, 3.8) is 0 Å². The maximum Gasteiger partial charge on any atom is 0.246 e. The molecule has 3 rings (SSSR count). The standard InChI is InChI=1S/C18H24N2O2/c1-19-11-9-18(10-12-19)15-20(13-14-22-18)17(21)8-7-16-5-3-2-4-6-16/h2-8H,9-15H2,1H3. The Morgan fingerprint density at radius 1 is 1.18 bits per heavy atom. The van der Waals surface area contributed by atoms with Crippen LogP contribution in [-0.4, -0.2) is 61.1 Å². The highest BCUT2D eigenvalue weighted by molar-refractivity contribution is 5.91. The van der Waals surface area contributed by atoms with Gasteiger partial charge in [-0.15, -0.1) is 0 Å². The lowest BCUT2D eigenvalue weighted by molar-refractivity contribution is -0.154. The Labute approximate surface area is 132 Å². The van der Waals surface area contributed by atoms with Gasteiger partial charge >= 0.3 is 0 Å². The number of carbonyl (C=O) groups is 1. The Hall–Kier alpha value is -1.65. The zero-order valence-electron chi connectivity index (χ0n) is 13.2. The van der Waals surface area contributed by atoms with E-state index in [-0.39, 0.29) is 11.5 Å². The molecule has 1 spiro atoms. The summed E-state index contributed by atoms with van der Waals surface area (Å²) in [6.45, 7) is 4.15. The van der Waals surface area contributed by atoms with E-state index in [1.165, 1.54) is 0 Å². The summed E-state index contributed by atoms with van der Waals surface area (Å²) in [7, 11) is 2.14. The largest absolute Gasteiger partial charge is 0.371 e. The molecule has 2 fully saturated rings. The number of benzene rings is 1. The first-order valence-electron chi connectivity index (χ1n) is 8.01. The van der Waals surface area contributed by atoms with Crippen LogP contribution in [0.1, 0.15) is 18.4 Å². The predicted molar refractivity (Wildman–Crippen MR) is 87.5 cm³/mol. The highest BCUT2D eigenvalue weighted by Gasteiger charge is 2.39. The van der Waals surface area contributed by atoms with E-state index in [0.29, 0.717) is 13.2 Å². The third kappa shape index (κ3) is 3.57. The van der Waals surface area contributed by atoms with E-state index in [1.54, 1.807) is 6.08 Å². The Kier molecular flexibility index (Phi) is 4.60. The number of likely N-dealkylation sites (tertiary alicyclic amines) is 1. The second kappa shape index (κ2) is 6.63. The smallest absolute Gasteiger partial charge is 0.246 e. The lowest BCUT2D eigenvalue weighted by Gasteiger charge is -2.46. The van der Waals surface area contributed by atoms with Gasteiger partial charge in [-0.3, -0.25) is 4.79 Å². The molecular weight excluding hydrogens is 276 g/mol. The van der Waals surface area contributed by atoms with Crippen molar-refractivity contribution < 1.29 is 9.53 Å². The molecule has 0 radical (unpaired) electrons. The molecule has 0 atom stereocenters. The number of amides is 1. The van der Waals surface area contributed by atoms with E-state index in [1.807, 2.05) is 41.3 Å². The van der Waals surface area contributed by atoms with Crippen molar-refractivity contribution in [3.05, 3.63) is 42.0 Å².